The Kier molecular flexibility index (Phi) is 9.33. The lowest BCUT2D eigenvalue weighted by molar-refractivity contribution is -0.182. The van der Waals surface area contributed by atoms with E-state index in [-0.39, 0.29) is 12.5 Å². The Morgan fingerprint density at radius 3 is 2.48 bits per heavy atom. The van der Waals surface area contributed by atoms with Crippen LogP contribution < -0.4 is 5.48 Å². The van der Waals surface area contributed by atoms with Crippen LogP contribution in [0.3, 0.4) is 0 Å². The number of nitrogens with zero attached hydrogens (tertiary/aromatic N) is 2. The zero-order valence-electron chi connectivity index (χ0n) is 22.8. The first kappa shape index (κ1) is 28.1. The van der Waals surface area contributed by atoms with Gasteiger partial charge in [0, 0.05) is 69.1 Å². The van der Waals surface area contributed by atoms with Crippen LogP contribution in [0.4, 0.5) is 4.79 Å². The predicted octanol–water partition coefficient (Wildman–Crippen LogP) is 3.63. The van der Waals surface area contributed by atoms with E-state index in [1.807, 2.05) is 18.2 Å². The molecular formula is C30H38N4O6. The number of carbonyl (C=O) groups excluding carboxylic acids is 2. The minimum absolute atomic E-state index is 0.232. The molecule has 0 atom stereocenters. The average molecular weight is 551 g/mol. The normalized spacial score (nSPS) is 16.6. The van der Waals surface area contributed by atoms with Crippen molar-refractivity contribution in [1.82, 2.24) is 20.3 Å². The monoisotopic (exact) mass is 550 g/mol. The van der Waals surface area contributed by atoms with E-state index in [4.69, 9.17) is 19.4 Å². The first-order chi connectivity index (χ1) is 19.5. The Morgan fingerprint density at radius 1 is 1.00 bits per heavy atom. The Bertz CT molecular complexity index is 1260. The molecule has 0 radical (unpaired) electrons. The standard InChI is InChI=1S/C30H38N4O6/c35-28(32-37)10-9-23-5-7-24(8-6-23)22-33(14-11-25-21-31-27-4-2-1-3-26(25)27)17-18-38-29(36)34-15-12-30(13-16-34)39-19-20-40-30/h1-8,21,31,37H,9-20,22H2,(H,32,35). The van der Waals surface area contributed by atoms with Gasteiger partial charge in [-0.15, -0.1) is 0 Å². The molecule has 1 aromatic heterocycles. The second kappa shape index (κ2) is 13.3. The zero-order valence-corrected chi connectivity index (χ0v) is 22.8. The van der Waals surface area contributed by atoms with E-state index < -0.39 is 11.7 Å². The minimum atomic E-state index is -0.517. The Morgan fingerprint density at radius 2 is 1.73 bits per heavy atom. The molecule has 2 saturated heterocycles. The summed E-state index contributed by atoms with van der Waals surface area (Å²) in [7, 11) is 0. The number of aryl methyl sites for hydroxylation is 1. The van der Waals surface area contributed by atoms with Crippen molar-refractivity contribution in [2.24, 2.45) is 0 Å². The molecule has 2 aliphatic rings. The first-order valence-corrected chi connectivity index (χ1v) is 14.0. The maximum Gasteiger partial charge on any atom is 0.409 e. The van der Waals surface area contributed by atoms with Gasteiger partial charge in [0.1, 0.15) is 6.61 Å². The van der Waals surface area contributed by atoms with Crippen LogP contribution >= 0.6 is 0 Å². The van der Waals surface area contributed by atoms with E-state index in [0.29, 0.717) is 65.3 Å². The predicted molar refractivity (Wildman–Crippen MR) is 149 cm³/mol. The number of fused-ring (bicyclic) bond motifs is 1. The number of rotatable bonds is 11. The van der Waals surface area contributed by atoms with Gasteiger partial charge >= 0.3 is 6.09 Å². The van der Waals surface area contributed by atoms with Crippen LogP contribution in [0, 0.1) is 0 Å². The maximum atomic E-state index is 12.8. The Hall–Kier alpha value is -3.44. The third kappa shape index (κ3) is 7.19. The van der Waals surface area contributed by atoms with E-state index >= 15 is 0 Å². The largest absolute Gasteiger partial charge is 0.448 e. The number of para-hydroxylation sites is 1. The number of hydrogen-bond acceptors (Lipinski definition) is 7. The summed E-state index contributed by atoms with van der Waals surface area (Å²) in [5.74, 6) is -0.914. The van der Waals surface area contributed by atoms with Crippen LogP contribution in [0.15, 0.2) is 54.7 Å². The van der Waals surface area contributed by atoms with Crippen LogP contribution in [0.2, 0.25) is 0 Å². The summed E-state index contributed by atoms with van der Waals surface area (Å²) in [4.78, 5) is 31.5. The number of nitrogens with one attached hydrogen (secondary N) is 2. The minimum Gasteiger partial charge on any atom is -0.448 e. The molecule has 3 N–H and O–H groups in total. The lowest BCUT2D eigenvalue weighted by Gasteiger charge is -2.37. The molecule has 2 fully saturated rings. The highest BCUT2D eigenvalue weighted by Gasteiger charge is 2.41. The van der Waals surface area contributed by atoms with Gasteiger partial charge in [0.05, 0.1) is 13.2 Å². The summed E-state index contributed by atoms with van der Waals surface area (Å²) in [5.41, 5.74) is 6.22. The van der Waals surface area contributed by atoms with Crippen LogP contribution in [-0.2, 0) is 38.4 Å². The number of carbonyl (C=O) groups is 2. The van der Waals surface area contributed by atoms with E-state index in [2.05, 4.69) is 46.4 Å². The molecule has 2 aliphatic heterocycles. The molecule has 0 unspecified atom stereocenters. The van der Waals surface area contributed by atoms with Crippen molar-refractivity contribution in [3.05, 3.63) is 71.4 Å². The third-order valence-corrected chi connectivity index (χ3v) is 7.80. The molecule has 10 nitrogen and oxygen atoms in total. The molecule has 5 rings (SSSR count). The molecule has 10 heteroatoms. The molecule has 0 aliphatic carbocycles. The lowest BCUT2D eigenvalue weighted by atomic mass is 10.0. The molecule has 3 aromatic rings. The SMILES string of the molecule is O=C(CCc1ccc(CN(CCOC(=O)N2CCC3(CC2)OCCO3)CCc2c[nH]c3ccccc23)cc1)NO. The van der Waals surface area contributed by atoms with Gasteiger partial charge in [-0.3, -0.25) is 14.9 Å². The summed E-state index contributed by atoms with van der Waals surface area (Å²) in [5, 5.41) is 9.93. The zero-order chi connectivity index (χ0) is 27.8. The average Bonchev–Trinajstić information content (AvgIpc) is 3.62. The Labute approximate surface area is 234 Å². The number of amides is 2. The van der Waals surface area contributed by atoms with E-state index in [9.17, 15) is 9.59 Å². The molecule has 40 heavy (non-hydrogen) atoms. The molecule has 2 amide bonds. The molecular weight excluding hydrogens is 512 g/mol. The van der Waals surface area contributed by atoms with Crippen molar-refractivity contribution in [3.63, 3.8) is 0 Å². The van der Waals surface area contributed by atoms with Gasteiger partial charge in [-0.05, 0) is 35.6 Å². The summed E-state index contributed by atoms with van der Waals surface area (Å²) in [6.07, 6.45) is 4.76. The van der Waals surface area contributed by atoms with Crippen molar-refractivity contribution in [2.75, 3.05) is 46.0 Å². The number of piperidine rings is 1. The summed E-state index contributed by atoms with van der Waals surface area (Å²) in [6, 6.07) is 16.4. The van der Waals surface area contributed by atoms with Crippen molar-refractivity contribution in [1.29, 1.82) is 0 Å². The van der Waals surface area contributed by atoms with Gasteiger partial charge in [-0.1, -0.05) is 42.5 Å². The second-order valence-electron chi connectivity index (χ2n) is 10.4. The fraction of sp³-hybridized carbons (Fsp3) is 0.467. The second-order valence-corrected chi connectivity index (χ2v) is 10.4. The van der Waals surface area contributed by atoms with Crippen molar-refractivity contribution >= 4 is 22.9 Å². The van der Waals surface area contributed by atoms with Crippen molar-refractivity contribution < 1.29 is 29.0 Å². The number of H-pyrrole nitrogens is 1. The Balaban J connectivity index is 1.16. The molecule has 0 bridgehead atoms. The number of hydrogen-bond donors (Lipinski definition) is 3. The van der Waals surface area contributed by atoms with E-state index in [0.717, 1.165) is 29.6 Å². The lowest BCUT2D eigenvalue weighted by Crippen LogP contribution is -2.47. The smallest absolute Gasteiger partial charge is 0.409 e. The molecule has 3 heterocycles. The van der Waals surface area contributed by atoms with Crippen LogP contribution in [0.1, 0.15) is 36.0 Å². The van der Waals surface area contributed by atoms with Crippen LogP contribution in [0.25, 0.3) is 10.9 Å². The van der Waals surface area contributed by atoms with Crippen LogP contribution in [0.5, 0.6) is 0 Å². The highest BCUT2D eigenvalue weighted by atomic mass is 16.7. The quantitative estimate of drug-likeness (QED) is 0.247. The highest BCUT2D eigenvalue weighted by Crippen LogP contribution is 2.31. The first-order valence-electron chi connectivity index (χ1n) is 14.0. The van der Waals surface area contributed by atoms with Gasteiger partial charge < -0.3 is 24.1 Å². The fourth-order valence-corrected chi connectivity index (χ4v) is 5.44. The van der Waals surface area contributed by atoms with Gasteiger partial charge in [0.15, 0.2) is 5.79 Å². The van der Waals surface area contributed by atoms with Crippen molar-refractivity contribution in [2.45, 2.75) is 44.4 Å². The van der Waals surface area contributed by atoms with Crippen molar-refractivity contribution in [3.8, 4) is 0 Å². The van der Waals surface area contributed by atoms with Gasteiger partial charge in [-0.25, -0.2) is 10.3 Å². The molecule has 2 aromatic carbocycles. The van der Waals surface area contributed by atoms with Crippen LogP contribution in [-0.4, -0.2) is 83.8 Å². The number of likely N-dealkylation sites (tertiary alicyclic amines) is 1. The number of hydroxylamine groups is 1. The topological polar surface area (TPSA) is 116 Å². The summed E-state index contributed by atoms with van der Waals surface area (Å²) in [6.45, 7) is 4.78. The number of aromatic nitrogens is 1. The van der Waals surface area contributed by atoms with Gasteiger partial charge in [0.25, 0.3) is 0 Å². The number of ether oxygens (including phenoxy) is 3. The van der Waals surface area contributed by atoms with Gasteiger partial charge in [0.2, 0.25) is 5.91 Å². The third-order valence-electron chi connectivity index (χ3n) is 7.80. The summed E-state index contributed by atoms with van der Waals surface area (Å²) < 4.78 is 17.2. The highest BCUT2D eigenvalue weighted by molar-refractivity contribution is 5.83. The van der Waals surface area contributed by atoms with Gasteiger partial charge in [-0.2, -0.15) is 0 Å². The maximum absolute atomic E-state index is 12.8. The molecule has 1 spiro atoms. The number of aromatic amines is 1. The summed E-state index contributed by atoms with van der Waals surface area (Å²) >= 11 is 0. The van der Waals surface area contributed by atoms with E-state index in [1.54, 1.807) is 10.4 Å². The molecule has 0 saturated carbocycles. The fourth-order valence-electron chi connectivity index (χ4n) is 5.44. The molecule has 214 valence electrons. The van der Waals surface area contributed by atoms with E-state index in [1.165, 1.54) is 10.9 Å². The number of benzene rings is 2.